The van der Waals surface area contributed by atoms with Crippen LogP contribution in [0.5, 0.6) is 0 Å². The summed E-state index contributed by atoms with van der Waals surface area (Å²) in [6.07, 6.45) is -9.16. The van der Waals surface area contributed by atoms with Crippen molar-refractivity contribution in [2.24, 2.45) is 0 Å². The SMILES string of the molecule is O=S(=O)([O-])C(F)(F)C(F)(F)CCCCCC(F)(F)F.[K+]. The van der Waals surface area contributed by atoms with E-state index >= 15 is 0 Å². The Labute approximate surface area is 153 Å². The molecule has 0 rings (SSSR count). The van der Waals surface area contributed by atoms with Gasteiger partial charge in [0.25, 0.3) is 0 Å². The van der Waals surface area contributed by atoms with Gasteiger partial charge in [0, 0.05) is 12.8 Å². The molecule has 0 heterocycles. The molecule has 0 aromatic rings. The van der Waals surface area contributed by atoms with Crippen molar-refractivity contribution in [3.63, 3.8) is 0 Å². The summed E-state index contributed by atoms with van der Waals surface area (Å²) in [5.74, 6) is -5.11. The monoisotopic (exact) mass is 358 g/mol. The quantitative estimate of drug-likeness (QED) is 0.284. The van der Waals surface area contributed by atoms with Gasteiger partial charge in [0.05, 0.1) is 0 Å². The van der Waals surface area contributed by atoms with Crippen LogP contribution in [0.25, 0.3) is 0 Å². The Morgan fingerprint density at radius 2 is 1.20 bits per heavy atom. The average Bonchev–Trinajstić information content (AvgIpc) is 2.12. The molecule has 0 aromatic heterocycles. The van der Waals surface area contributed by atoms with Gasteiger partial charge in [-0.15, -0.1) is 0 Å². The smallest absolute Gasteiger partial charge is 0.743 e. The molecule has 0 saturated heterocycles. The van der Waals surface area contributed by atoms with Gasteiger partial charge in [0.2, 0.25) is 0 Å². The van der Waals surface area contributed by atoms with Crippen molar-refractivity contribution >= 4 is 10.1 Å². The van der Waals surface area contributed by atoms with Gasteiger partial charge < -0.3 is 4.55 Å². The number of unbranched alkanes of at least 4 members (excludes halogenated alkanes) is 2. The largest absolute Gasteiger partial charge is 1.00 e. The first kappa shape index (κ1) is 23.3. The molecule has 12 heteroatoms. The molecule has 0 radical (unpaired) electrons. The number of alkyl halides is 7. The zero-order chi connectivity index (χ0) is 15.5. The Balaban J connectivity index is 0. The molecule has 0 aromatic carbocycles. The maximum absolute atomic E-state index is 12.8. The van der Waals surface area contributed by atoms with Gasteiger partial charge in [-0.05, 0) is 12.8 Å². The molecular formula is C8H10F7KO3S. The second-order valence-corrected chi connectivity index (χ2v) is 5.27. The Hall–Kier alpha value is 1.06. The van der Waals surface area contributed by atoms with Crippen LogP contribution in [0.2, 0.25) is 0 Å². The van der Waals surface area contributed by atoms with E-state index in [9.17, 15) is 43.7 Å². The molecule has 116 valence electrons. The van der Waals surface area contributed by atoms with Crippen LogP contribution in [0.3, 0.4) is 0 Å². The Kier molecular flexibility index (Phi) is 9.40. The number of halogens is 7. The minimum absolute atomic E-state index is 0. The summed E-state index contributed by atoms with van der Waals surface area (Å²) in [5.41, 5.74) is 0. The van der Waals surface area contributed by atoms with E-state index in [4.69, 9.17) is 0 Å². The molecule has 0 aliphatic carbocycles. The summed E-state index contributed by atoms with van der Waals surface area (Å²) in [5, 5.41) is -5.77. The molecule has 0 spiro atoms. The third kappa shape index (κ3) is 7.36. The third-order valence-corrected chi connectivity index (χ3v) is 3.12. The van der Waals surface area contributed by atoms with E-state index < -0.39 is 59.6 Å². The average molecular weight is 358 g/mol. The van der Waals surface area contributed by atoms with Crippen molar-refractivity contribution in [1.29, 1.82) is 0 Å². The second-order valence-electron chi connectivity index (χ2n) is 3.85. The van der Waals surface area contributed by atoms with E-state index in [0.717, 1.165) is 0 Å². The number of hydrogen-bond donors (Lipinski definition) is 0. The number of rotatable bonds is 7. The third-order valence-electron chi connectivity index (χ3n) is 2.19. The van der Waals surface area contributed by atoms with Gasteiger partial charge >= 0.3 is 68.7 Å². The zero-order valence-electron chi connectivity index (χ0n) is 10.3. The predicted octanol–water partition coefficient (Wildman–Crippen LogP) is 0.276. The van der Waals surface area contributed by atoms with Gasteiger partial charge in [-0.2, -0.15) is 30.7 Å². The normalized spacial score (nSPS) is 14.0. The summed E-state index contributed by atoms with van der Waals surface area (Å²) in [4.78, 5) is 0. The second kappa shape index (κ2) is 8.06. The van der Waals surface area contributed by atoms with Crippen molar-refractivity contribution in [3.8, 4) is 0 Å². The van der Waals surface area contributed by atoms with Crippen LogP contribution in [0.15, 0.2) is 0 Å². The molecule has 0 fully saturated rings. The Bertz CT molecular complexity index is 393. The summed E-state index contributed by atoms with van der Waals surface area (Å²) >= 11 is 0. The molecule has 0 aliphatic heterocycles. The molecule has 0 N–H and O–H groups in total. The molecule has 0 saturated carbocycles. The van der Waals surface area contributed by atoms with E-state index in [1.807, 2.05) is 0 Å². The molecule has 0 atom stereocenters. The minimum atomic E-state index is -6.54. The summed E-state index contributed by atoms with van der Waals surface area (Å²) in [6, 6.07) is 0. The first-order chi connectivity index (χ1) is 8.21. The van der Waals surface area contributed by atoms with Crippen molar-refractivity contribution in [2.75, 3.05) is 0 Å². The van der Waals surface area contributed by atoms with E-state index in [1.165, 1.54) is 0 Å². The number of hydrogen-bond acceptors (Lipinski definition) is 3. The molecule has 0 bridgehead atoms. The van der Waals surface area contributed by atoms with Crippen molar-refractivity contribution in [1.82, 2.24) is 0 Å². The minimum Gasteiger partial charge on any atom is -0.743 e. The molecule has 0 amide bonds. The van der Waals surface area contributed by atoms with Gasteiger partial charge in [0.1, 0.15) is 0 Å². The fourth-order valence-electron chi connectivity index (χ4n) is 1.18. The van der Waals surface area contributed by atoms with Crippen LogP contribution in [-0.4, -0.2) is 30.3 Å². The van der Waals surface area contributed by atoms with Crippen LogP contribution in [0.4, 0.5) is 30.7 Å². The maximum Gasteiger partial charge on any atom is 1.00 e. The van der Waals surface area contributed by atoms with E-state index in [1.54, 1.807) is 0 Å². The van der Waals surface area contributed by atoms with Crippen LogP contribution < -0.4 is 51.4 Å². The van der Waals surface area contributed by atoms with Gasteiger partial charge in [-0.25, -0.2) is 8.42 Å². The van der Waals surface area contributed by atoms with Crippen molar-refractivity contribution in [2.45, 2.75) is 49.5 Å². The van der Waals surface area contributed by atoms with Crippen LogP contribution in [0.1, 0.15) is 32.1 Å². The first-order valence-electron chi connectivity index (χ1n) is 4.98. The Morgan fingerprint density at radius 1 is 0.800 bits per heavy atom. The van der Waals surface area contributed by atoms with Crippen molar-refractivity contribution in [3.05, 3.63) is 0 Å². The first-order valence-corrected chi connectivity index (χ1v) is 6.39. The van der Waals surface area contributed by atoms with Crippen molar-refractivity contribution < 1.29 is 95.1 Å². The van der Waals surface area contributed by atoms with Crippen LogP contribution in [-0.2, 0) is 10.1 Å². The fourth-order valence-corrected chi connectivity index (χ4v) is 1.65. The predicted molar refractivity (Wildman–Crippen MR) is 48.7 cm³/mol. The summed E-state index contributed by atoms with van der Waals surface area (Å²) in [6.45, 7) is 0. The van der Waals surface area contributed by atoms with Gasteiger partial charge in [0.15, 0.2) is 10.1 Å². The topological polar surface area (TPSA) is 57.2 Å². The van der Waals surface area contributed by atoms with E-state index in [2.05, 4.69) is 0 Å². The van der Waals surface area contributed by atoms with E-state index in [-0.39, 0.29) is 51.4 Å². The molecule has 0 unspecified atom stereocenters. The van der Waals surface area contributed by atoms with Crippen LogP contribution in [0, 0.1) is 0 Å². The van der Waals surface area contributed by atoms with Gasteiger partial charge in [-0.1, -0.05) is 6.42 Å². The zero-order valence-corrected chi connectivity index (χ0v) is 14.3. The van der Waals surface area contributed by atoms with Gasteiger partial charge in [-0.3, -0.25) is 0 Å². The summed E-state index contributed by atoms with van der Waals surface area (Å²) in [7, 11) is -6.54. The molecule has 0 aliphatic rings. The maximum atomic E-state index is 12.8. The van der Waals surface area contributed by atoms with E-state index in [0.29, 0.717) is 0 Å². The standard InChI is InChI=1S/C8H11F7O3S.K/c9-6(10,8(14,15)19(16,17)18)4-2-1-3-5-7(11,12)13;/h1-5H2,(H,16,17,18);/q;+1/p-1. The molecule has 3 nitrogen and oxygen atoms in total. The fraction of sp³-hybridized carbons (Fsp3) is 1.00. The molecular weight excluding hydrogens is 348 g/mol. The molecule has 20 heavy (non-hydrogen) atoms. The van der Waals surface area contributed by atoms with Crippen LogP contribution >= 0.6 is 0 Å². The summed E-state index contributed by atoms with van der Waals surface area (Å²) < 4.78 is 116. The Morgan fingerprint density at radius 3 is 1.55 bits per heavy atom.